The van der Waals surface area contributed by atoms with Crippen molar-refractivity contribution in [2.75, 3.05) is 13.1 Å². The van der Waals surface area contributed by atoms with Gasteiger partial charge in [-0.1, -0.05) is 12.8 Å². The van der Waals surface area contributed by atoms with E-state index in [1.165, 1.54) is 32.1 Å². The van der Waals surface area contributed by atoms with E-state index in [4.69, 9.17) is 5.73 Å². The van der Waals surface area contributed by atoms with Crippen LogP contribution in [0.15, 0.2) is 0 Å². The first kappa shape index (κ1) is 12.9. The number of carbonyl (C=O) groups is 1. The fourth-order valence-corrected chi connectivity index (χ4v) is 3.45. The second-order valence-corrected chi connectivity index (χ2v) is 5.76. The lowest BCUT2D eigenvalue weighted by molar-refractivity contribution is -0.141. The minimum atomic E-state index is 0.217. The summed E-state index contributed by atoms with van der Waals surface area (Å²) in [6.45, 7) is 3.84. The van der Waals surface area contributed by atoms with Gasteiger partial charge in [0.05, 0.1) is 0 Å². The summed E-state index contributed by atoms with van der Waals surface area (Å²) in [5.41, 5.74) is 5.82. The Morgan fingerprint density at radius 3 is 2.59 bits per heavy atom. The Bertz CT molecular complexity index is 267. The van der Waals surface area contributed by atoms with Crippen molar-refractivity contribution in [1.29, 1.82) is 0 Å². The molecule has 3 unspecified atom stereocenters. The highest BCUT2D eigenvalue weighted by Crippen LogP contribution is 2.32. The van der Waals surface area contributed by atoms with Gasteiger partial charge in [0.2, 0.25) is 5.91 Å². The third-order valence-corrected chi connectivity index (χ3v) is 4.62. The monoisotopic (exact) mass is 238 g/mol. The fraction of sp³-hybridized carbons (Fsp3) is 0.929. The lowest BCUT2D eigenvalue weighted by Crippen LogP contribution is -2.48. The Hall–Kier alpha value is -0.570. The van der Waals surface area contributed by atoms with Gasteiger partial charge in [-0.3, -0.25) is 4.79 Å². The molecule has 1 aliphatic heterocycles. The van der Waals surface area contributed by atoms with Crippen LogP contribution in [-0.4, -0.2) is 29.9 Å². The minimum absolute atomic E-state index is 0.217. The van der Waals surface area contributed by atoms with E-state index in [0.29, 0.717) is 24.4 Å². The lowest BCUT2D eigenvalue weighted by Gasteiger charge is -2.39. The van der Waals surface area contributed by atoms with Crippen LogP contribution in [0.5, 0.6) is 0 Å². The molecule has 1 saturated heterocycles. The van der Waals surface area contributed by atoms with Crippen LogP contribution in [0.3, 0.4) is 0 Å². The van der Waals surface area contributed by atoms with Gasteiger partial charge in [-0.05, 0) is 51.5 Å². The Labute approximate surface area is 105 Å². The van der Waals surface area contributed by atoms with Crippen LogP contribution in [-0.2, 0) is 4.79 Å². The van der Waals surface area contributed by atoms with E-state index in [1.807, 2.05) is 0 Å². The van der Waals surface area contributed by atoms with Gasteiger partial charge in [-0.25, -0.2) is 0 Å². The smallest absolute Gasteiger partial charge is 0.226 e. The minimum Gasteiger partial charge on any atom is -0.340 e. The van der Waals surface area contributed by atoms with Crippen molar-refractivity contribution in [3.8, 4) is 0 Å². The Morgan fingerprint density at radius 2 is 1.88 bits per heavy atom. The number of likely N-dealkylation sites (tertiary alicyclic amines) is 1. The average molecular weight is 238 g/mol. The SMILES string of the molecule is CC1CCCCN1C(=O)C1CCCCC1CN. The van der Waals surface area contributed by atoms with Gasteiger partial charge in [0.25, 0.3) is 0 Å². The van der Waals surface area contributed by atoms with Gasteiger partial charge in [0.15, 0.2) is 0 Å². The van der Waals surface area contributed by atoms with Crippen molar-refractivity contribution < 1.29 is 4.79 Å². The lowest BCUT2D eigenvalue weighted by atomic mass is 9.78. The van der Waals surface area contributed by atoms with Crippen LogP contribution >= 0.6 is 0 Å². The van der Waals surface area contributed by atoms with Crippen molar-refractivity contribution >= 4 is 5.91 Å². The van der Waals surface area contributed by atoms with Crippen LogP contribution in [0.2, 0.25) is 0 Å². The fourth-order valence-electron chi connectivity index (χ4n) is 3.45. The maximum atomic E-state index is 12.6. The van der Waals surface area contributed by atoms with Crippen LogP contribution in [0, 0.1) is 11.8 Å². The molecule has 0 aromatic heterocycles. The summed E-state index contributed by atoms with van der Waals surface area (Å²) >= 11 is 0. The largest absolute Gasteiger partial charge is 0.340 e. The second-order valence-electron chi connectivity index (χ2n) is 5.76. The molecule has 1 aliphatic carbocycles. The van der Waals surface area contributed by atoms with E-state index in [2.05, 4.69) is 11.8 Å². The molecule has 3 heteroatoms. The van der Waals surface area contributed by atoms with Gasteiger partial charge >= 0.3 is 0 Å². The highest BCUT2D eigenvalue weighted by atomic mass is 16.2. The Morgan fingerprint density at radius 1 is 1.18 bits per heavy atom. The first-order valence-electron chi connectivity index (χ1n) is 7.24. The van der Waals surface area contributed by atoms with E-state index >= 15 is 0 Å². The molecule has 2 rings (SSSR count). The molecule has 3 atom stereocenters. The molecule has 2 fully saturated rings. The molecular weight excluding hydrogens is 212 g/mol. The third kappa shape index (κ3) is 2.82. The third-order valence-electron chi connectivity index (χ3n) is 4.62. The first-order chi connectivity index (χ1) is 8.24. The van der Waals surface area contributed by atoms with Gasteiger partial charge in [0, 0.05) is 18.5 Å². The Kier molecular flexibility index (Phi) is 4.43. The first-order valence-corrected chi connectivity index (χ1v) is 7.24. The van der Waals surface area contributed by atoms with Crippen molar-refractivity contribution in [2.45, 2.75) is 57.9 Å². The number of nitrogens with zero attached hydrogens (tertiary/aromatic N) is 1. The van der Waals surface area contributed by atoms with Crippen molar-refractivity contribution in [3.63, 3.8) is 0 Å². The van der Waals surface area contributed by atoms with Crippen molar-refractivity contribution in [2.24, 2.45) is 17.6 Å². The maximum absolute atomic E-state index is 12.6. The van der Waals surface area contributed by atoms with Gasteiger partial charge in [-0.2, -0.15) is 0 Å². The Balaban J connectivity index is 2.01. The molecule has 17 heavy (non-hydrogen) atoms. The summed E-state index contributed by atoms with van der Waals surface area (Å²) in [5, 5.41) is 0. The highest BCUT2D eigenvalue weighted by molar-refractivity contribution is 5.79. The molecule has 0 aromatic rings. The van der Waals surface area contributed by atoms with Crippen molar-refractivity contribution in [1.82, 2.24) is 4.90 Å². The van der Waals surface area contributed by atoms with E-state index in [9.17, 15) is 4.79 Å². The molecule has 1 heterocycles. The molecule has 0 spiro atoms. The summed E-state index contributed by atoms with van der Waals surface area (Å²) < 4.78 is 0. The molecule has 1 amide bonds. The molecule has 3 nitrogen and oxygen atoms in total. The zero-order valence-electron chi connectivity index (χ0n) is 11.0. The van der Waals surface area contributed by atoms with Crippen LogP contribution in [0.1, 0.15) is 51.9 Å². The number of amides is 1. The van der Waals surface area contributed by atoms with Crippen LogP contribution in [0.4, 0.5) is 0 Å². The summed E-state index contributed by atoms with van der Waals surface area (Å²) in [6.07, 6.45) is 8.28. The predicted molar refractivity (Wildman–Crippen MR) is 69.5 cm³/mol. The van der Waals surface area contributed by atoms with E-state index in [1.54, 1.807) is 0 Å². The van der Waals surface area contributed by atoms with Gasteiger partial charge in [-0.15, -0.1) is 0 Å². The second kappa shape index (κ2) is 5.85. The molecule has 1 saturated carbocycles. The summed E-state index contributed by atoms with van der Waals surface area (Å²) in [6, 6.07) is 0.441. The average Bonchev–Trinajstić information content (AvgIpc) is 2.38. The number of hydrogen-bond acceptors (Lipinski definition) is 2. The predicted octanol–water partition coefficient (Wildman–Crippen LogP) is 2.15. The number of nitrogens with two attached hydrogens (primary N) is 1. The van der Waals surface area contributed by atoms with Gasteiger partial charge < -0.3 is 10.6 Å². The molecule has 98 valence electrons. The summed E-state index contributed by atoms with van der Waals surface area (Å²) in [5.74, 6) is 1.05. The maximum Gasteiger partial charge on any atom is 0.226 e. The normalized spacial score (nSPS) is 34.7. The molecule has 0 aromatic carbocycles. The number of hydrogen-bond donors (Lipinski definition) is 1. The number of piperidine rings is 1. The van der Waals surface area contributed by atoms with E-state index in [-0.39, 0.29) is 5.92 Å². The van der Waals surface area contributed by atoms with Crippen LogP contribution < -0.4 is 5.73 Å². The molecular formula is C14H26N2O. The highest BCUT2D eigenvalue weighted by Gasteiger charge is 2.35. The van der Waals surface area contributed by atoms with E-state index < -0.39 is 0 Å². The molecule has 0 bridgehead atoms. The molecule has 0 radical (unpaired) electrons. The van der Waals surface area contributed by atoms with E-state index in [0.717, 1.165) is 19.4 Å². The molecule has 2 aliphatic rings. The molecule has 2 N–H and O–H groups in total. The summed E-state index contributed by atoms with van der Waals surface area (Å²) in [4.78, 5) is 14.7. The zero-order valence-corrected chi connectivity index (χ0v) is 11.0. The standard InChI is InChI=1S/C14H26N2O/c1-11-6-4-5-9-16(11)14(17)13-8-3-2-7-12(13)10-15/h11-13H,2-10,15H2,1H3. The topological polar surface area (TPSA) is 46.3 Å². The number of carbonyl (C=O) groups excluding carboxylic acids is 1. The van der Waals surface area contributed by atoms with Crippen LogP contribution in [0.25, 0.3) is 0 Å². The van der Waals surface area contributed by atoms with Crippen molar-refractivity contribution in [3.05, 3.63) is 0 Å². The number of rotatable bonds is 2. The van der Waals surface area contributed by atoms with Gasteiger partial charge in [0.1, 0.15) is 0 Å². The zero-order chi connectivity index (χ0) is 12.3. The quantitative estimate of drug-likeness (QED) is 0.801. The summed E-state index contributed by atoms with van der Waals surface area (Å²) in [7, 11) is 0.